The highest BCUT2D eigenvalue weighted by atomic mass is 16.5. The number of ether oxygens (including phenoxy) is 1. The monoisotopic (exact) mass is 328 g/mol. The number of rotatable bonds is 7. The fraction of sp³-hybridized carbons (Fsp3) is 0.294. The molecule has 0 atom stereocenters. The number of amides is 2. The van der Waals surface area contributed by atoms with Crippen molar-refractivity contribution in [3.63, 3.8) is 0 Å². The first kappa shape index (κ1) is 17.4. The molecule has 0 saturated heterocycles. The summed E-state index contributed by atoms with van der Waals surface area (Å²) in [6, 6.07) is 5.42. The van der Waals surface area contributed by atoms with Crippen molar-refractivity contribution in [1.82, 2.24) is 20.6 Å². The first-order valence-electron chi connectivity index (χ1n) is 7.59. The van der Waals surface area contributed by atoms with Crippen LogP contribution in [0.3, 0.4) is 0 Å². The number of methoxy groups -OCH3 is 1. The third kappa shape index (κ3) is 4.52. The lowest BCUT2D eigenvalue weighted by molar-refractivity contribution is 0.0947. The summed E-state index contributed by atoms with van der Waals surface area (Å²) in [7, 11) is 1.54. The fourth-order valence-corrected chi connectivity index (χ4v) is 2.20. The van der Waals surface area contributed by atoms with E-state index >= 15 is 0 Å². The van der Waals surface area contributed by atoms with Crippen molar-refractivity contribution in [2.24, 2.45) is 0 Å². The van der Waals surface area contributed by atoms with Crippen LogP contribution in [0.4, 0.5) is 0 Å². The van der Waals surface area contributed by atoms with Crippen LogP contribution in [0.5, 0.6) is 5.75 Å². The SMILES string of the molecule is COc1c(C)cccc1C(=O)NCCCNC(=O)c1cnccn1. The molecular weight excluding hydrogens is 308 g/mol. The van der Waals surface area contributed by atoms with Gasteiger partial charge in [-0.05, 0) is 25.0 Å². The summed E-state index contributed by atoms with van der Waals surface area (Å²) in [4.78, 5) is 31.7. The van der Waals surface area contributed by atoms with Crippen LogP contribution in [0.15, 0.2) is 36.8 Å². The minimum Gasteiger partial charge on any atom is -0.496 e. The largest absolute Gasteiger partial charge is 0.496 e. The van der Waals surface area contributed by atoms with Gasteiger partial charge in [0, 0.05) is 25.5 Å². The molecule has 0 bridgehead atoms. The van der Waals surface area contributed by atoms with E-state index < -0.39 is 0 Å². The maximum atomic E-state index is 12.2. The van der Waals surface area contributed by atoms with Gasteiger partial charge in [-0.3, -0.25) is 14.6 Å². The van der Waals surface area contributed by atoms with Crippen molar-refractivity contribution in [1.29, 1.82) is 0 Å². The summed E-state index contributed by atoms with van der Waals surface area (Å²) in [5, 5.41) is 5.54. The molecule has 0 spiro atoms. The lowest BCUT2D eigenvalue weighted by Crippen LogP contribution is -2.30. The second kappa shape index (κ2) is 8.61. The summed E-state index contributed by atoms with van der Waals surface area (Å²) < 4.78 is 5.27. The van der Waals surface area contributed by atoms with Gasteiger partial charge in [-0.15, -0.1) is 0 Å². The van der Waals surface area contributed by atoms with E-state index in [0.29, 0.717) is 30.8 Å². The Kier molecular flexibility index (Phi) is 6.24. The maximum Gasteiger partial charge on any atom is 0.271 e. The van der Waals surface area contributed by atoms with Gasteiger partial charge >= 0.3 is 0 Å². The van der Waals surface area contributed by atoms with Gasteiger partial charge in [-0.2, -0.15) is 0 Å². The van der Waals surface area contributed by atoms with E-state index in [0.717, 1.165) is 5.56 Å². The van der Waals surface area contributed by atoms with Crippen LogP contribution in [-0.2, 0) is 0 Å². The first-order valence-corrected chi connectivity index (χ1v) is 7.59. The van der Waals surface area contributed by atoms with Crippen molar-refractivity contribution in [2.45, 2.75) is 13.3 Å². The van der Waals surface area contributed by atoms with Gasteiger partial charge < -0.3 is 15.4 Å². The predicted octanol–water partition coefficient (Wildman–Crippen LogP) is 1.34. The van der Waals surface area contributed by atoms with Crippen molar-refractivity contribution >= 4 is 11.8 Å². The molecule has 0 unspecified atom stereocenters. The average Bonchev–Trinajstić information content (AvgIpc) is 2.61. The third-order valence-electron chi connectivity index (χ3n) is 3.38. The number of aromatic nitrogens is 2. The summed E-state index contributed by atoms with van der Waals surface area (Å²) in [6.07, 6.45) is 4.98. The molecule has 1 aromatic heterocycles. The standard InChI is InChI=1S/C17H20N4O3/c1-12-5-3-6-13(15(12)24-2)16(22)20-7-4-8-21-17(23)14-11-18-9-10-19-14/h3,5-6,9-11H,4,7-8H2,1-2H3,(H,20,22)(H,21,23). The molecule has 126 valence electrons. The molecule has 0 fully saturated rings. The van der Waals surface area contributed by atoms with Crippen molar-refractivity contribution in [2.75, 3.05) is 20.2 Å². The predicted molar refractivity (Wildman–Crippen MR) is 89.0 cm³/mol. The molecule has 2 rings (SSSR count). The average molecular weight is 328 g/mol. The zero-order chi connectivity index (χ0) is 17.4. The highest BCUT2D eigenvalue weighted by Crippen LogP contribution is 2.22. The van der Waals surface area contributed by atoms with E-state index in [2.05, 4.69) is 20.6 Å². The number of para-hydroxylation sites is 1. The quantitative estimate of drug-likeness (QED) is 0.748. The van der Waals surface area contributed by atoms with Gasteiger partial charge in [-0.25, -0.2) is 4.98 Å². The summed E-state index contributed by atoms with van der Waals surface area (Å²) in [5.74, 6) is 0.0940. The van der Waals surface area contributed by atoms with Crippen LogP contribution in [0.1, 0.15) is 32.8 Å². The molecule has 0 aliphatic rings. The fourth-order valence-electron chi connectivity index (χ4n) is 2.20. The smallest absolute Gasteiger partial charge is 0.271 e. The van der Waals surface area contributed by atoms with Gasteiger partial charge in [0.1, 0.15) is 11.4 Å². The van der Waals surface area contributed by atoms with Gasteiger partial charge in [0.05, 0.1) is 18.9 Å². The number of carbonyl (C=O) groups excluding carboxylic acids is 2. The first-order chi connectivity index (χ1) is 11.6. The molecule has 0 aliphatic heterocycles. The Morgan fingerprint density at radius 2 is 1.88 bits per heavy atom. The van der Waals surface area contributed by atoms with Crippen molar-refractivity contribution in [3.05, 3.63) is 53.6 Å². The molecule has 1 heterocycles. The molecule has 7 heteroatoms. The number of nitrogens with zero attached hydrogens (tertiary/aromatic N) is 2. The molecule has 24 heavy (non-hydrogen) atoms. The van der Waals surface area contributed by atoms with Gasteiger partial charge in [0.25, 0.3) is 11.8 Å². The highest BCUT2D eigenvalue weighted by molar-refractivity contribution is 5.97. The third-order valence-corrected chi connectivity index (χ3v) is 3.38. The molecule has 2 aromatic rings. The Bertz CT molecular complexity index is 704. The van der Waals surface area contributed by atoms with E-state index in [1.807, 2.05) is 19.1 Å². The van der Waals surface area contributed by atoms with Gasteiger partial charge in [0.2, 0.25) is 0 Å². The lowest BCUT2D eigenvalue weighted by Gasteiger charge is -2.11. The molecule has 2 N–H and O–H groups in total. The Hall–Kier alpha value is -2.96. The number of benzene rings is 1. The van der Waals surface area contributed by atoms with Gasteiger partial charge in [0.15, 0.2) is 0 Å². The molecule has 2 amide bonds. The molecule has 1 aromatic carbocycles. The second-order valence-electron chi connectivity index (χ2n) is 5.11. The number of aryl methyl sites for hydroxylation is 1. The number of hydrogen-bond donors (Lipinski definition) is 2. The molecule has 7 nitrogen and oxygen atoms in total. The van der Waals surface area contributed by atoms with E-state index in [1.165, 1.54) is 18.6 Å². The number of nitrogens with one attached hydrogen (secondary N) is 2. The second-order valence-corrected chi connectivity index (χ2v) is 5.11. The number of hydrogen-bond acceptors (Lipinski definition) is 5. The van der Waals surface area contributed by atoms with Crippen molar-refractivity contribution in [3.8, 4) is 5.75 Å². The maximum absolute atomic E-state index is 12.2. The van der Waals surface area contributed by atoms with Crippen LogP contribution in [0, 0.1) is 6.92 Å². The zero-order valence-electron chi connectivity index (χ0n) is 13.7. The minimum atomic E-state index is -0.283. The van der Waals surface area contributed by atoms with Crippen LogP contribution in [-0.4, -0.2) is 42.0 Å². The molecule has 0 aliphatic carbocycles. The summed E-state index contributed by atoms with van der Waals surface area (Å²) in [5.41, 5.74) is 1.67. The molecule has 0 saturated carbocycles. The van der Waals surface area contributed by atoms with Gasteiger partial charge in [-0.1, -0.05) is 12.1 Å². The van der Waals surface area contributed by atoms with Crippen LogP contribution < -0.4 is 15.4 Å². The molecule has 0 radical (unpaired) electrons. The van der Waals surface area contributed by atoms with Crippen molar-refractivity contribution < 1.29 is 14.3 Å². The highest BCUT2D eigenvalue weighted by Gasteiger charge is 2.13. The number of carbonyl (C=O) groups is 2. The van der Waals surface area contributed by atoms with E-state index in [9.17, 15) is 9.59 Å². The Morgan fingerprint density at radius 3 is 2.54 bits per heavy atom. The normalized spacial score (nSPS) is 10.1. The topological polar surface area (TPSA) is 93.2 Å². The lowest BCUT2D eigenvalue weighted by atomic mass is 10.1. The van der Waals surface area contributed by atoms with E-state index in [4.69, 9.17) is 4.74 Å². The molecular formula is C17H20N4O3. The van der Waals surface area contributed by atoms with Crippen LogP contribution >= 0.6 is 0 Å². The Morgan fingerprint density at radius 1 is 1.12 bits per heavy atom. The Balaban J connectivity index is 1.76. The van der Waals surface area contributed by atoms with E-state index in [-0.39, 0.29) is 17.5 Å². The summed E-state index contributed by atoms with van der Waals surface area (Å²) in [6.45, 7) is 2.76. The zero-order valence-corrected chi connectivity index (χ0v) is 13.7. The minimum absolute atomic E-state index is 0.198. The van der Waals surface area contributed by atoms with Crippen LogP contribution in [0.25, 0.3) is 0 Å². The Labute approximate surface area is 140 Å². The van der Waals surface area contributed by atoms with Crippen LogP contribution in [0.2, 0.25) is 0 Å². The van der Waals surface area contributed by atoms with E-state index in [1.54, 1.807) is 13.2 Å². The summed E-state index contributed by atoms with van der Waals surface area (Å²) >= 11 is 0.